The van der Waals surface area contributed by atoms with Crippen LogP contribution in [0.2, 0.25) is 5.02 Å². The predicted octanol–water partition coefficient (Wildman–Crippen LogP) is 4.46. The summed E-state index contributed by atoms with van der Waals surface area (Å²) in [7, 11) is -3.51. The first-order chi connectivity index (χ1) is 9.90. The van der Waals surface area contributed by atoms with Crippen LogP contribution in [0.1, 0.15) is 5.56 Å². The summed E-state index contributed by atoms with van der Waals surface area (Å²) in [6.07, 6.45) is 2.44. The maximum absolute atomic E-state index is 11.5. The Morgan fingerprint density at radius 1 is 1.33 bits per heavy atom. The SMILES string of the molecule is CS(=O)(=O)C(C#N)=Cc1ccsc1Sc1ccc(Cl)cc1. The van der Waals surface area contributed by atoms with Crippen molar-refractivity contribution in [3.05, 3.63) is 51.2 Å². The van der Waals surface area contributed by atoms with Crippen molar-refractivity contribution < 1.29 is 8.42 Å². The number of hydrogen-bond donors (Lipinski definition) is 0. The molecule has 2 aromatic rings. The van der Waals surface area contributed by atoms with Gasteiger partial charge in [0.05, 0.1) is 4.21 Å². The number of nitriles is 1. The van der Waals surface area contributed by atoms with Gasteiger partial charge in [-0.25, -0.2) is 8.42 Å². The molecule has 0 saturated heterocycles. The van der Waals surface area contributed by atoms with Crippen LogP contribution in [0.4, 0.5) is 0 Å². The molecule has 1 heterocycles. The van der Waals surface area contributed by atoms with E-state index in [1.54, 1.807) is 24.3 Å². The van der Waals surface area contributed by atoms with Gasteiger partial charge in [0.1, 0.15) is 11.0 Å². The third kappa shape index (κ3) is 4.35. The average molecular weight is 356 g/mol. The van der Waals surface area contributed by atoms with E-state index in [2.05, 4.69) is 0 Å². The molecule has 0 aliphatic rings. The standard InChI is InChI=1S/C14H10ClNO2S3/c1-21(17,18)13(9-16)8-10-6-7-19-14(10)20-12-4-2-11(15)3-5-12/h2-8H,1H3. The zero-order valence-electron chi connectivity index (χ0n) is 10.9. The topological polar surface area (TPSA) is 57.9 Å². The third-order valence-electron chi connectivity index (χ3n) is 2.48. The number of hydrogen-bond acceptors (Lipinski definition) is 5. The van der Waals surface area contributed by atoms with Crippen LogP contribution in [0.15, 0.2) is 49.7 Å². The van der Waals surface area contributed by atoms with Gasteiger partial charge in [-0.15, -0.1) is 11.3 Å². The fourth-order valence-corrected chi connectivity index (χ4v) is 4.08. The molecular formula is C14H10ClNO2S3. The Kier molecular flexibility index (Phi) is 5.12. The van der Waals surface area contributed by atoms with Crippen LogP contribution in [-0.4, -0.2) is 14.7 Å². The third-order valence-corrected chi connectivity index (χ3v) is 5.93. The predicted molar refractivity (Wildman–Crippen MR) is 88.3 cm³/mol. The summed E-state index contributed by atoms with van der Waals surface area (Å²) in [6.45, 7) is 0. The van der Waals surface area contributed by atoms with Crippen molar-refractivity contribution in [3.8, 4) is 6.07 Å². The van der Waals surface area contributed by atoms with Gasteiger partial charge < -0.3 is 0 Å². The van der Waals surface area contributed by atoms with Crippen molar-refractivity contribution in [1.29, 1.82) is 5.26 Å². The van der Waals surface area contributed by atoms with E-state index in [4.69, 9.17) is 16.9 Å². The van der Waals surface area contributed by atoms with Gasteiger partial charge in [0.15, 0.2) is 9.84 Å². The van der Waals surface area contributed by atoms with Crippen LogP contribution in [0.5, 0.6) is 0 Å². The van der Waals surface area contributed by atoms with Crippen molar-refractivity contribution >= 4 is 50.6 Å². The molecule has 0 N–H and O–H groups in total. The largest absolute Gasteiger partial charge is 0.223 e. The second-order valence-electron chi connectivity index (χ2n) is 4.11. The second-order valence-corrected chi connectivity index (χ2v) is 8.79. The van der Waals surface area contributed by atoms with E-state index in [1.165, 1.54) is 29.2 Å². The summed E-state index contributed by atoms with van der Waals surface area (Å²) in [5, 5.41) is 11.5. The number of sulfone groups is 1. The minimum absolute atomic E-state index is 0.237. The Morgan fingerprint density at radius 3 is 2.57 bits per heavy atom. The van der Waals surface area contributed by atoms with Crippen molar-refractivity contribution in [1.82, 2.24) is 0 Å². The van der Waals surface area contributed by atoms with Crippen molar-refractivity contribution in [3.63, 3.8) is 0 Å². The highest BCUT2D eigenvalue weighted by Gasteiger charge is 2.13. The summed E-state index contributed by atoms with van der Waals surface area (Å²) >= 11 is 8.84. The summed E-state index contributed by atoms with van der Waals surface area (Å²) in [5.41, 5.74) is 0.724. The monoisotopic (exact) mass is 355 g/mol. The summed E-state index contributed by atoms with van der Waals surface area (Å²) in [4.78, 5) is 0.758. The normalized spacial score (nSPS) is 12.1. The molecule has 0 bridgehead atoms. The number of benzene rings is 1. The lowest BCUT2D eigenvalue weighted by atomic mass is 10.3. The lowest BCUT2D eigenvalue weighted by Gasteiger charge is -2.01. The van der Waals surface area contributed by atoms with E-state index in [-0.39, 0.29) is 4.91 Å². The van der Waals surface area contributed by atoms with Crippen LogP contribution in [0, 0.1) is 11.3 Å². The van der Waals surface area contributed by atoms with Crippen LogP contribution in [0.25, 0.3) is 6.08 Å². The van der Waals surface area contributed by atoms with Gasteiger partial charge in [-0.3, -0.25) is 0 Å². The number of thiophene rings is 1. The van der Waals surface area contributed by atoms with Gasteiger partial charge in [0, 0.05) is 21.7 Å². The summed E-state index contributed by atoms with van der Waals surface area (Å²) < 4.78 is 23.9. The van der Waals surface area contributed by atoms with E-state index in [0.29, 0.717) is 5.02 Å². The van der Waals surface area contributed by atoms with E-state index in [9.17, 15) is 8.42 Å². The molecule has 108 valence electrons. The van der Waals surface area contributed by atoms with Crippen LogP contribution in [-0.2, 0) is 9.84 Å². The molecule has 2 rings (SSSR count). The molecule has 1 aromatic heterocycles. The van der Waals surface area contributed by atoms with Crippen molar-refractivity contribution in [2.75, 3.05) is 6.26 Å². The molecule has 0 saturated carbocycles. The Bertz CT molecular complexity index is 815. The maximum Gasteiger partial charge on any atom is 0.185 e. The molecule has 0 unspecified atom stereocenters. The van der Waals surface area contributed by atoms with Crippen LogP contribution in [0.3, 0.4) is 0 Å². The molecular weight excluding hydrogens is 346 g/mol. The molecule has 0 atom stereocenters. The van der Waals surface area contributed by atoms with Gasteiger partial charge in [-0.2, -0.15) is 5.26 Å². The fourth-order valence-electron chi connectivity index (χ4n) is 1.47. The zero-order chi connectivity index (χ0) is 15.5. The molecule has 0 amide bonds. The van der Waals surface area contributed by atoms with Gasteiger partial charge in [-0.1, -0.05) is 23.4 Å². The highest BCUT2D eigenvalue weighted by molar-refractivity contribution is 8.01. The molecule has 1 aromatic carbocycles. The Balaban J connectivity index is 2.33. The lowest BCUT2D eigenvalue weighted by molar-refractivity contribution is 0.609. The van der Waals surface area contributed by atoms with E-state index < -0.39 is 9.84 Å². The first-order valence-corrected chi connectivity index (χ1v) is 9.69. The molecule has 21 heavy (non-hydrogen) atoms. The fraction of sp³-hybridized carbons (Fsp3) is 0.0714. The summed E-state index contributed by atoms with van der Waals surface area (Å²) in [5.74, 6) is 0. The average Bonchev–Trinajstić information content (AvgIpc) is 2.84. The minimum atomic E-state index is -3.51. The molecule has 0 spiro atoms. The summed E-state index contributed by atoms with van der Waals surface area (Å²) in [6, 6.07) is 10.9. The van der Waals surface area contributed by atoms with Crippen molar-refractivity contribution in [2.24, 2.45) is 0 Å². The molecule has 7 heteroatoms. The Hall–Kier alpha value is -1.26. The Labute approximate surface area is 136 Å². The maximum atomic E-state index is 11.5. The van der Waals surface area contributed by atoms with E-state index in [1.807, 2.05) is 17.5 Å². The Morgan fingerprint density at radius 2 is 2.00 bits per heavy atom. The number of rotatable bonds is 4. The number of halogens is 1. The van der Waals surface area contributed by atoms with Gasteiger partial charge >= 0.3 is 0 Å². The van der Waals surface area contributed by atoms with Crippen LogP contribution < -0.4 is 0 Å². The van der Waals surface area contributed by atoms with Crippen LogP contribution >= 0.6 is 34.7 Å². The smallest absolute Gasteiger partial charge is 0.185 e. The molecule has 3 nitrogen and oxygen atoms in total. The first kappa shape index (κ1) is 16.1. The molecule has 0 aliphatic carbocycles. The lowest BCUT2D eigenvalue weighted by Crippen LogP contribution is -1.98. The molecule has 0 radical (unpaired) electrons. The van der Waals surface area contributed by atoms with Gasteiger partial charge in [0.2, 0.25) is 0 Å². The highest BCUT2D eigenvalue weighted by Crippen LogP contribution is 2.36. The van der Waals surface area contributed by atoms with E-state index >= 15 is 0 Å². The first-order valence-electron chi connectivity index (χ1n) is 5.73. The quantitative estimate of drug-likeness (QED) is 0.759. The number of allylic oxidation sites excluding steroid dienone is 1. The second kappa shape index (κ2) is 6.67. The van der Waals surface area contributed by atoms with Crippen molar-refractivity contribution in [2.45, 2.75) is 9.10 Å². The van der Waals surface area contributed by atoms with E-state index in [0.717, 1.165) is 20.9 Å². The minimum Gasteiger partial charge on any atom is -0.223 e. The van der Waals surface area contributed by atoms with Gasteiger partial charge in [-0.05, 0) is 41.8 Å². The molecule has 0 fully saturated rings. The van der Waals surface area contributed by atoms with Gasteiger partial charge in [0.25, 0.3) is 0 Å². The molecule has 0 aliphatic heterocycles. The number of nitrogens with zero attached hydrogens (tertiary/aromatic N) is 1. The highest BCUT2D eigenvalue weighted by atomic mass is 35.5. The zero-order valence-corrected chi connectivity index (χ0v) is 14.1.